The highest BCUT2D eigenvalue weighted by Crippen LogP contribution is 2.54. The molecule has 0 aliphatic carbocycles. The lowest BCUT2D eigenvalue weighted by Crippen LogP contribution is -2.15. The number of anilines is 6. The van der Waals surface area contributed by atoms with Gasteiger partial charge in [-0.3, -0.25) is 9.97 Å². The van der Waals surface area contributed by atoms with Crippen LogP contribution in [0, 0.1) is 0 Å². The third-order valence-electron chi connectivity index (χ3n) is 9.18. The molecule has 0 saturated heterocycles. The number of benzene rings is 6. The summed E-state index contributed by atoms with van der Waals surface area (Å²) < 4.78 is 0. The molecule has 230 valence electrons. The fourth-order valence-electron chi connectivity index (χ4n) is 7.04. The molecule has 0 atom stereocenters. The van der Waals surface area contributed by atoms with Crippen molar-refractivity contribution in [2.24, 2.45) is 0 Å². The molecule has 0 bridgehead atoms. The summed E-state index contributed by atoms with van der Waals surface area (Å²) in [5.74, 6) is 0. The quantitative estimate of drug-likeness (QED) is 0.133. The predicted octanol–water partition coefficient (Wildman–Crippen LogP) is 12.7. The summed E-state index contributed by atoms with van der Waals surface area (Å²) >= 11 is 7.20. The zero-order valence-electron chi connectivity index (χ0n) is 26.0. The Morgan fingerprint density at radius 1 is 0.479 bits per heavy atom. The molecule has 0 fully saturated rings. The number of thioether (sulfide) groups is 2. The summed E-state index contributed by atoms with van der Waals surface area (Å²) in [6.07, 6.45) is 8.35. The molecule has 0 radical (unpaired) electrons. The van der Waals surface area contributed by atoms with E-state index in [0.29, 0.717) is 0 Å². The van der Waals surface area contributed by atoms with Gasteiger partial charge in [-0.25, -0.2) is 0 Å². The van der Waals surface area contributed by atoms with Crippen LogP contribution in [-0.4, -0.2) is 22.5 Å². The second kappa shape index (κ2) is 11.1. The maximum Gasteiger partial charge on any atom is 0.0751 e. The van der Waals surface area contributed by atoms with Gasteiger partial charge in [0.1, 0.15) is 0 Å². The average Bonchev–Trinajstić information content (AvgIpc) is 3.14. The summed E-state index contributed by atoms with van der Waals surface area (Å²) in [4.78, 5) is 22.5. The van der Waals surface area contributed by atoms with Crippen LogP contribution in [0.2, 0.25) is 0 Å². The van der Waals surface area contributed by atoms with E-state index in [-0.39, 0.29) is 0 Å². The number of pyridine rings is 2. The van der Waals surface area contributed by atoms with Crippen molar-refractivity contribution in [1.82, 2.24) is 9.97 Å². The lowest BCUT2D eigenvalue weighted by Gasteiger charge is -2.34. The molecule has 0 unspecified atom stereocenters. The second-order valence-corrected chi connectivity index (χ2v) is 15.8. The SMILES string of the molecule is CSc1ccc2c(c1)N(c1cc3cnc4cc(N5c6ccccc6Sc6ccc(SC)cc65)cc5ncc(c1)c3c45)c1ccccc1S2. The van der Waals surface area contributed by atoms with Crippen molar-refractivity contribution in [3.05, 3.63) is 122 Å². The van der Waals surface area contributed by atoms with Crippen molar-refractivity contribution >= 4 is 114 Å². The zero-order chi connectivity index (χ0) is 31.9. The fourth-order valence-corrected chi connectivity index (χ4v) is 9.98. The molecule has 8 aromatic rings. The van der Waals surface area contributed by atoms with E-state index in [9.17, 15) is 0 Å². The zero-order valence-corrected chi connectivity index (χ0v) is 29.2. The third kappa shape index (κ3) is 4.36. The molecular weight excluding hydrogens is 665 g/mol. The van der Waals surface area contributed by atoms with Crippen LogP contribution < -0.4 is 9.80 Å². The molecule has 2 aromatic heterocycles. The van der Waals surface area contributed by atoms with E-state index in [1.165, 1.54) is 57.5 Å². The maximum atomic E-state index is 5.11. The molecule has 0 amide bonds. The standard InChI is InChI=1S/C40H26N4S4/c1-45-27-11-13-37-33(19-27)43(31-7-3-5-9-35(31)47-37)25-15-23-21-41-29-17-26(18-30-40(29)39(23)24(16-25)22-42-30)44-32-8-4-6-10-36(32)48-38-14-12-28(46-2)20-34(38)44/h3-22H,1-2H3. The molecule has 0 saturated carbocycles. The minimum absolute atomic E-state index is 0.953. The van der Waals surface area contributed by atoms with Crippen molar-refractivity contribution < 1.29 is 0 Å². The minimum Gasteiger partial charge on any atom is -0.308 e. The molecule has 8 heteroatoms. The summed E-state index contributed by atoms with van der Waals surface area (Å²) in [7, 11) is 0. The first-order valence-corrected chi connectivity index (χ1v) is 19.7. The highest BCUT2D eigenvalue weighted by Gasteiger charge is 2.28. The molecule has 2 aliphatic heterocycles. The number of aromatic nitrogens is 2. The Kier molecular flexibility index (Phi) is 6.63. The van der Waals surface area contributed by atoms with Gasteiger partial charge in [0.2, 0.25) is 0 Å². The fraction of sp³-hybridized carbons (Fsp3) is 0.0500. The first-order chi connectivity index (χ1) is 23.7. The third-order valence-corrected chi connectivity index (χ3v) is 12.9. The first kappa shape index (κ1) is 28.7. The van der Waals surface area contributed by atoms with Crippen LogP contribution in [0.4, 0.5) is 34.1 Å². The van der Waals surface area contributed by atoms with Gasteiger partial charge in [-0.15, -0.1) is 23.5 Å². The van der Waals surface area contributed by atoms with E-state index in [1.807, 2.05) is 35.9 Å². The van der Waals surface area contributed by atoms with Gasteiger partial charge in [-0.05, 0) is 97.4 Å². The van der Waals surface area contributed by atoms with Gasteiger partial charge < -0.3 is 9.80 Å². The number of para-hydroxylation sites is 2. The number of nitrogens with zero attached hydrogens (tertiary/aromatic N) is 4. The van der Waals surface area contributed by atoms with Crippen LogP contribution in [0.3, 0.4) is 0 Å². The van der Waals surface area contributed by atoms with Gasteiger partial charge in [0.05, 0.1) is 39.5 Å². The molecular formula is C40H26N4S4. The maximum absolute atomic E-state index is 5.11. The Hall–Kier alpha value is -4.34. The normalized spacial score (nSPS) is 13.5. The highest BCUT2D eigenvalue weighted by atomic mass is 32.2. The predicted molar refractivity (Wildman–Crippen MR) is 207 cm³/mol. The van der Waals surface area contributed by atoms with Crippen LogP contribution >= 0.6 is 47.0 Å². The summed E-state index contributed by atoms with van der Waals surface area (Å²) in [6, 6.07) is 39.9. The van der Waals surface area contributed by atoms with Gasteiger partial charge in [-0.2, -0.15) is 0 Å². The molecule has 4 heterocycles. The van der Waals surface area contributed by atoms with Crippen LogP contribution in [0.5, 0.6) is 0 Å². The number of hydrogen-bond donors (Lipinski definition) is 0. The van der Waals surface area contributed by atoms with Crippen molar-refractivity contribution in [3.63, 3.8) is 0 Å². The van der Waals surface area contributed by atoms with Crippen LogP contribution in [-0.2, 0) is 0 Å². The van der Waals surface area contributed by atoms with Gasteiger partial charge >= 0.3 is 0 Å². The number of hydrogen-bond acceptors (Lipinski definition) is 8. The molecule has 6 aromatic carbocycles. The van der Waals surface area contributed by atoms with E-state index >= 15 is 0 Å². The van der Waals surface area contributed by atoms with E-state index in [0.717, 1.165) is 38.6 Å². The number of rotatable bonds is 4. The average molecular weight is 691 g/mol. The molecule has 48 heavy (non-hydrogen) atoms. The Balaban J connectivity index is 1.16. The van der Waals surface area contributed by atoms with Gasteiger partial charge in [0.25, 0.3) is 0 Å². The highest BCUT2D eigenvalue weighted by molar-refractivity contribution is 8.00. The molecule has 10 rings (SSSR count). The molecule has 0 spiro atoms. The Morgan fingerprint density at radius 3 is 1.44 bits per heavy atom. The van der Waals surface area contributed by atoms with E-state index in [1.54, 1.807) is 23.5 Å². The van der Waals surface area contributed by atoms with Gasteiger partial charge in [0.15, 0.2) is 0 Å². The van der Waals surface area contributed by atoms with E-state index < -0.39 is 0 Å². The molecule has 0 N–H and O–H groups in total. The van der Waals surface area contributed by atoms with Crippen molar-refractivity contribution in [3.8, 4) is 0 Å². The summed E-state index contributed by atoms with van der Waals surface area (Å²) in [6.45, 7) is 0. The smallest absolute Gasteiger partial charge is 0.0751 e. The Labute approximate surface area is 295 Å². The lowest BCUT2D eigenvalue weighted by atomic mass is 9.99. The van der Waals surface area contributed by atoms with E-state index in [2.05, 4.69) is 132 Å². The Bertz CT molecular complexity index is 2340. The Morgan fingerprint density at radius 2 is 0.938 bits per heavy atom. The number of fused-ring (bicyclic) bond motifs is 4. The van der Waals surface area contributed by atoms with Crippen molar-refractivity contribution in [2.45, 2.75) is 29.4 Å². The summed E-state index contributed by atoms with van der Waals surface area (Å²) in [5.41, 5.74) is 8.84. The van der Waals surface area contributed by atoms with Gasteiger partial charge in [-0.1, -0.05) is 47.8 Å². The topological polar surface area (TPSA) is 32.3 Å². The van der Waals surface area contributed by atoms with Crippen LogP contribution in [0.25, 0.3) is 32.6 Å². The molecule has 4 nitrogen and oxygen atoms in total. The second-order valence-electron chi connectivity index (χ2n) is 11.9. The van der Waals surface area contributed by atoms with E-state index in [4.69, 9.17) is 9.97 Å². The van der Waals surface area contributed by atoms with Crippen molar-refractivity contribution in [2.75, 3.05) is 22.3 Å². The van der Waals surface area contributed by atoms with Crippen molar-refractivity contribution in [1.29, 1.82) is 0 Å². The lowest BCUT2D eigenvalue weighted by molar-refractivity contribution is 1.15. The van der Waals surface area contributed by atoms with Crippen LogP contribution in [0.1, 0.15) is 0 Å². The first-order valence-electron chi connectivity index (χ1n) is 15.6. The van der Waals surface area contributed by atoms with Gasteiger partial charge in [0, 0.05) is 69.0 Å². The van der Waals surface area contributed by atoms with Crippen LogP contribution in [0.15, 0.2) is 151 Å². The largest absolute Gasteiger partial charge is 0.308 e. The minimum atomic E-state index is 0.953. The summed E-state index contributed by atoms with van der Waals surface area (Å²) in [5, 5.41) is 4.54. The monoisotopic (exact) mass is 690 g/mol. The molecule has 2 aliphatic rings.